The third-order valence-corrected chi connectivity index (χ3v) is 3.93. The standard InChI is InChI=1S/C13H25N3O/c1-15-9-3-4-12(15)10-16(2)13(17)7-8-14-11-5-6-11/h11-12,14H,3-10H2,1-2H3. The van der Waals surface area contributed by atoms with Crippen LogP contribution in [0.25, 0.3) is 0 Å². The number of likely N-dealkylation sites (tertiary alicyclic amines) is 1. The van der Waals surface area contributed by atoms with Crippen LogP contribution >= 0.6 is 0 Å². The van der Waals surface area contributed by atoms with Crippen LogP contribution in [0.4, 0.5) is 0 Å². The second kappa shape index (κ2) is 5.83. The molecule has 0 spiro atoms. The van der Waals surface area contributed by atoms with Gasteiger partial charge in [-0.15, -0.1) is 0 Å². The predicted molar refractivity (Wildman–Crippen MR) is 68.9 cm³/mol. The van der Waals surface area contributed by atoms with Gasteiger partial charge in [-0.2, -0.15) is 0 Å². The zero-order chi connectivity index (χ0) is 12.3. The Kier molecular flexibility index (Phi) is 4.40. The normalized spacial score (nSPS) is 25.2. The van der Waals surface area contributed by atoms with Gasteiger partial charge >= 0.3 is 0 Å². The minimum Gasteiger partial charge on any atom is -0.344 e. The maximum atomic E-state index is 11.9. The Morgan fingerprint density at radius 2 is 2.18 bits per heavy atom. The van der Waals surface area contributed by atoms with Crippen LogP contribution in [0.3, 0.4) is 0 Å². The largest absolute Gasteiger partial charge is 0.344 e. The lowest BCUT2D eigenvalue weighted by Crippen LogP contribution is -2.40. The highest BCUT2D eigenvalue weighted by Gasteiger charge is 2.24. The quantitative estimate of drug-likeness (QED) is 0.740. The summed E-state index contributed by atoms with van der Waals surface area (Å²) in [7, 11) is 4.09. The highest BCUT2D eigenvalue weighted by Crippen LogP contribution is 2.18. The van der Waals surface area contributed by atoms with Gasteiger partial charge in [-0.25, -0.2) is 0 Å². The molecule has 0 bridgehead atoms. The molecule has 1 saturated heterocycles. The van der Waals surface area contributed by atoms with Gasteiger partial charge in [-0.05, 0) is 39.3 Å². The lowest BCUT2D eigenvalue weighted by atomic mass is 10.2. The van der Waals surface area contributed by atoms with Crippen molar-refractivity contribution in [2.24, 2.45) is 0 Å². The van der Waals surface area contributed by atoms with Gasteiger partial charge in [0.2, 0.25) is 5.91 Å². The van der Waals surface area contributed by atoms with E-state index in [1.54, 1.807) is 0 Å². The van der Waals surface area contributed by atoms with E-state index >= 15 is 0 Å². The topological polar surface area (TPSA) is 35.6 Å². The van der Waals surface area contributed by atoms with Crippen LogP contribution in [0.15, 0.2) is 0 Å². The monoisotopic (exact) mass is 239 g/mol. The Bertz CT molecular complexity index is 265. The summed E-state index contributed by atoms with van der Waals surface area (Å²) >= 11 is 0. The van der Waals surface area contributed by atoms with Gasteiger partial charge in [0.1, 0.15) is 0 Å². The Morgan fingerprint density at radius 3 is 2.76 bits per heavy atom. The van der Waals surface area contributed by atoms with E-state index in [2.05, 4.69) is 17.3 Å². The summed E-state index contributed by atoms with van der Waals surface area (Å²) in [6.07, 6.45) is 5.72. The molecule has 4 heteroatoms. The molecule has 0 aromatic carbocycles. The highest BCUT2D eigenvalue weighted by atomic mass is 16.2. The van der Waals surface area contributed by atoms with E-state index in [0.29, 0.717) is 18.5 Å². The summed E-state index contributed by atoms with van der Waals surface area (Å²) in [6.45, 7) is 2.91. The van der Waals surface area contributed by atoms with Gasteiger partial charge < -0.3 is 15.1 Å². The number of amides is 1. The van der Waals surface area contributed by atoms with Crippen LogP contribution in [0, 0.1) is 0 Å². The van der Waals surface area contributed by atoms with Gasteiger partial charge in [0.15, 0.2) is 0 Å². The molecular formula is C13H25N3O. The third kappa shape index (κ3) is 3.96. The maximum absolute atomic E-state index is 11.9. The van der Waals surface area contributed by atoms with Crippen LogP contribution < -0.4 is 5.32 Å². The summed E-state index contributed by atoms with van der Waals surface area (Å²) in [5.74, 6) is 0.276. The van der Waals surface area contributed by atoms with Crippen LogP contribution in [0.5, 0.6) is 0 Å². The SMILES string of the molecule is CN(CC1CCCN1C)C(=O)CCNC1CC1. The van der Waals surface area contributed by atoms with Crippen molar-refractivity contribution < 1.29 is 4.79 Å². The number of nitrogens with one attached hydrogen (secondary N) is 1. The Hall–Kier alpha value is -0.610. The number of hydrogen-bond acceptors (Lipinski definition) is 3. The molecule has 1 saturated carbocycles. The molecule has 1 aliphatic carbocycles. The fraction of sp³-hybridized carbons (Fsp3) is 0.923. The van der Waals surface area contributed by atoms with Crippen molar-refractivity contribution in [3.05, 3.63) is 0 Å². The molecule has 4 nitrogen and oxygen atoms in total. The first-order valence-corrected chi connectivity index (χ1v) is 6.84. The number of rotatable bonds is 6. The van der Waals surface area contributed by atoms with Crippen molar-refractivity contribution in [1.29, 1.82) is 0 Å². The molecule has 0 aromatic rings. The van der Waals surface area contributed by atoms with Gasteiger partial charge in [0.25, 0.3) is 0 Å². The first kappa shape index (κ1) is 12.8. The Labute approximate surface area is 104 Å². The van der Waals surface area contributed by atoms with Crippen molar-refractivity contribution in [3.8, 4) is 0 Å². The second-order valence-electron chi connectivity index (χ2n) is 5.53. The van der Waals surface area contributed by atoms with Gasteiger partial charge in [0.05, 0.1) is 0 Å². The molecular weight excluding hydrogens is 214 g/mol. The summed E-state index contributed by atoms with van der Waals surface area (Å²) in [4.78, 5) is 16.2. The summed E-state index contributed by atoms with van der Waals surface area (Å²) in [6, 6.07) is 1.27. The van der Waals surface area contributed by atoms with Crippen molar-refractivity contribution in [3.63, 3.8) is 0 Å². The van der Waals surface area contributed by atoms with E-state index in [4.69, 9.17) is 0 Å². The van der Waals surface area contributed by atoms with Gasteiger partial charge in [-0.3, -0.25) is 4.79 Å². The molecule has 2 fully saturated rings. The van der Waals surface area contributed by atoms with Crippen molar-refractivity contribution in [2.45, 2.75) is 44.2 Å². The number of nitrogens with zero attached hydrogens (tertiary/aromatic N) is 2. The fourth-order valence-corrected chi connectivity index (χ4v) is 2.49. The molecule has 1 aliphatic heterocycles. The number of likely N-dealkylation sites (N-methyl/N-ethyl adjacent to an activating group) is 2. The zero-order valence-electron chi connectivity index (χ0n) is 11.1. The molecule has 1 amide bonds. The summed E-state index contributed by atoms with van der Waals surface area (Å²) in [5, 5.41) is 3.39. The highest BCUT2D eigenvalue weighted by molar-refractivity contribution is 5.76. The lowest BCUT2D eigenvalue weighted by molar-refractivity contribution is -0.130. The van der Waals surface area contributed by atoms with E-state index in [9.17, 15) is 4.79 Å². The van der Waals surface area contributed by atoms with E-state index in [0.717, 1.165) is 13.1 Å². The molecule has 1 N–H and O–H groups in total. The van der Waals surface area contributed by atoms with Crippen LogP contribution in [-0.2, 0) is 4.79 Å². The minimum absolute atomic E-state index is 0.276. The first-order chi connectivity index (χ1) is 8.16. The van der Waals surface area contributed by atoms with Crippen molar-refractivity contribution >= 4 is 5.91 Å². The fourth-order valence-electron chi connectivity index (χ4n) is 2.49. The number of hydrogen-bond donors (Lipinski definition) is 1. The minimum atomic E-state index is 0.276. The van der Waals surface area contributed by atoms with E-state index in [1.807, 2.05) is 11.9 Å². The lowest BCUT2D eigenvalue weighted by Gasteiger charge is -2.26. The zero-order valence-corrected chi connectivity index (χ0v) is 11.1. The van der Waals surface area contributed by atoms with Crippen molar-refractivity contribution in [1.82, 2.24) is 15.1 Å². The molecule has 98 valence electrons. The third-order valence-electron chi connectivity index (χ3n) is 3.93. The van der Waals surface area contributed by atoms with Crippen LogP contribution in [0.1, 0.15) is 32.1 Å². The number of carbonyl (C=O) groups is 1. The van der Waals surface area contributed by atoms with E-state index in [-0.39, 0.29) is 5.91 Å². The summed E-state index contributed by atoms with van der Waals surface area (Å²) in [5.41, 5.74) is 0. The average Bonchev–Trinajstić information content (AvgIpc) is 3.04. The average molecular weight is 239 g/mol. The Morgan fingerprint density at radius 1 is 1.41 bits per heavy atom. The molecule has 17 heavy (non-hydrogen) atoms. The predicted octanol–water partition coefficient (Wildman–Crippen LogP) is 0.681. The second-order valence-corrected chi connectivity index (χ2v) is 5.53. The van der Waals surface area contributed by atoms with Crippen LogP contribution in [-0.4, -0.2) is 61.5 Å². The van der Waals surface area contributed by atoms with E-state index < -0.39 is 0 Å². The molecule has 1 atom stereocenters. The van der Waals surface area contributed by atoms with Crippen LogP contribution in [0.2, 0.25) is 0 Å². The molecule has 0 aromatic heterocycles. The molecule has 2 aliphatic rings. The molecule has 1 unspecified atom stereocenters. The summed E-state index contributed by atoms with van der Waals surface area (Å²) < 4.78 is 0. The van der Waals surface area contributed by atoms with Gasteiger partial charge in [0, 0.05) is 38.6 Å². The molecule has 2 rings (SSSR count). The van der Waals surface area contributed by atoms with Crippen molar-refractivity contribution in [2.75, 3.05) is 33.7 Å². The smallest absolute Gasteiger partial charge is 0.223 e. The van der Waals surface area contributed by atoms with Gasteiger partial charge in [-0.1, -0.05) is 0 Å². The number of carbonyl (C=O) groups excluding carboxylic acids is 1. The molecule has 0 radical (unpaired) electrons. The Balaban J connectivity index is 1.63. The molecule has 1 heterocycles. The first-order valence-electron chi connectivity index (χ1n) is 6.84. The van der Waals surface area contributed by atoms with E-state index in [1.165, 1.54) is 32.2 Å². The maximum Gasteiger partial charge on any atom is 0.223 e.